The first kappa shape index (κ1) is 23.1. The first-order chi connectivity index (χ1) is 14.7. The lowest BCUT2D eigenvalue weighted by atomic mass is 10.3. The third-order valence-electron chi connectivity index (χ3n) is 4.54. The summed E-state index contributed by atoms with van der Waals surface area (Å²) < 4.78 is 30.7. The monoisotopic (exact) mass is 462 g/mol. The Morgan fingerprint density at radius 1 is 1.23 bits per heavy atom. The van der Waals surface area contributed by atoms with Crippen molar-refractivity contribution in [2.75, 3.05) is 11.9 Å². The Labute approximate surface area is 186 Å². The first-order valence-corrected chi connectivity index (χ1v) is 12.4. The van der Waals surface area contributed by atoms with Crippen LogP contribution in [0.15, 0.2) is 52.5 Å². The lowest BCUT2D eigenvalue weighted by Gasteiger charge is -2.13. The van der Waals surface area contributed by atoms with Gasteiger partial charge in [-0.05, 0) is 62.7 Å². The van der Waals surface area contributed by atoms with Crippen LogP contribution in [0, 0.1) is 0 Å². The van der Waals surface area contributed by atoms with E-state index in [9.17, 15) is 13.2 Å². The molecule has 0 saturated heterocycles. The molecule has 8 nitrogen and oxygen atoms in total. The van der Waals surface area contributed by atoms with Crippen molar-refractivity contribution in [1.82, 2.24) is 9.55 Å². The van der Waals surface area contributed by atoms with E-state index in [0.29, 0.717) is 29.5 Å². The standard InChI is InChI=1S/C21H26N4O4S2/c1-4-12-25-19-11-10-17(31(22,27)28)13-18(19)24-21(25)30-14(3)20(26)23-15-6-8-16(9-7-15)29-5-2/h6-11,13-14H,4-5,12H2,1-3H3,(H,23,26)(H2,22,27,28). The van der Waals surface area contributed by atoms with Gasteiger partial charge in [0.15, 0.2) is 5.16 Å². The van der Waals surface area contributed by atoms with Gasteiger partial charge in [0.1, 0.15) is 5.75 Å². The predicted octanol–water partition coefficient (Wildman–Crippen LogP) is 3.61. The number of imidazole rings is 1. The second kappa shape index (κ2) is 9.71. The normalized spacial score (nSPS) is 12.6. The van der Waals surface area contributed by atoms with Crippen LogP contribution >= 0.6 is 11.8 Å². The molecular weight excluding hydrogens is 436 g/mol. The van der Waals surface area contributed by atoms with Gasteiger partial charge < -0.3 is 14.6 Å². The lowest BCUT2D eigenvalue weighted by molar-refractivity contribution is -0.115. The van der Waals surface area contributed by atoms with Crippen LogP contribution in [0.5, 0.6) is 5.75 Å². The van der Waals surface area contributed by atoms with Crippen LogP contribution in [-0.2, 0) is 21.4 Å². The molecule has 1 unspecified atom stereocenters. The maximum absolute atomic E-state index is 12.7. The van der Waals surface area contributed by atoms with Crippen LogP contribution < -0.4 is 15.2 Å². The van der Waals surface area contributed by atoms with Crippen molar-refractivity contribution in [3.05, 3.63) is 42.5 Å². The number of nitrogens with zero attached hydrogens (tertiary/aromatic N) is 2. The van der Waals surface area contributed by atoms with Crippen molar-refractivity contribution in [2.24, 2.45) is 5.14 Å². The molecule has 1 amide bonds. The van der Waals surface area contributed by atoms with Gasteiger partial charge in [0, 0.05) is 12.2 Å². The summed E-state index contributed by atoms with van der Waals surface area (Å²) >= 11 is 1.32. The van der Waals surface area contributed by atoms with Crippen LogP contribution in [0.1, 0.15) is 27.2 Å². The molecule has 0 aliphatic heterocycles. The summed E-state index contributed by atoms with van der Waals surface area (Å²) in [6.07, 6.45) is 0.864. The number of ether oxygens (including phenoxy) is 1. The van der Waals surface area contributed by atoms with Gasteiger partial charge in [-0.2, -0.15) is 0 Å². The molecule has 0 saturated carbocycles. The summed E-state index contributed by atoms with van der Waals surface area (Å²) in [5.41, 5.74) is 2.01. The molecule has 31 heavy (non-hydrogen) atoms. The maximum atomic E-state index is 12.7. The number of aromatic nitrogens is 2. The predicted molar refractivity (Wildman–Crippen MR) is 123 cm³/mol. The van der Waals surface area contributed by atoms with Crippen LogP contribution in [0.25, 0.3) is 11.0 Å². The van der Waals surface area contributed by atoms with Crippen LogP contribution in [-0.4, -0.2) is 35.7 Å². The molecule has 3 N–H and O–H groups in total. The van der Waals surface area contributed by atoms with Gasteiger partial charge in [-0.15, -0.1) is 0 Å². The van der Waals surface area contributed by atoms with Crippen LogP contribution in [0.4, 0.5) is 5.69 Å². The SMILES string of the molecule is CCCn1c(SC(C)C(=O)Nc2ccc(OCC)cc2)nc2cc(S(N)(=O)=O)ccc21. The quantitative estimate of drug-likeness (QED) is 0.469. The minimum atomic E-state index is -3.82. The van der Waals surface area contributed by atoms with E-state index in [2.05, 4.69) is 10.3 Å². The van der Waals surface area contributed by atoms with E-state index in [1.54, 1.807) is 37.3 Å². The molecule has 0 spiro atoms. The number of anilines is 1. The molecule has 166 valence electrons. The van der Waals surface area contributed by atoms with Crippen LogP contribution in [0.2, 0.25) is 0 Å². The molecule has 3 aromatic rings. The Kier molecular flexibility index (Phi) is 7.24. The molecule has 0 aliphatic carbocycles. The summed E-state index contributed by atoms with van der Waals surface area (Å²) in [5, 5.41) is 8.37. The molecule has 0 radical (unpaired) electrons. The van der Waals surface area contributed by atoms with Crippen molar-refractivity contribution in [2.45, 2.75) is 49.0 Å². The van der Waals surface area contributed by atoms with Gasteiger partial charge in [0.25, 0.3) is 0 Å². The third kappa shape index (κ3) is 5.57. The Bertz CT molecular complexity index is 1170. The minimum absolute atomic E-state index is 0.0130. The molecular formula is C21H26N4O4S2. The largest absolute Gasteiger partial charge is 0.494 e. The number of sulfonamides is 1. The fraction of sp³-hybridized carbons (Fsp3) is 0.333. The molecule has 0 fully saturated rings. The van der Waals surface area contributed by atoms with Gasteiger partial charge in [-0.3, -0.25) is 4.79 Å². The van der Waals surface area contributed by atoms with E-state index >= 15 is 0 Å². The fourth-order valence-corrected chi connectivity index (χ4v) is 4.53. The summed E-state index contributed by atoms with van der Waals surface area (Å²) in [7, 11) is -3.82. The summed E-state index contributed by atoms with van der Waals surface area (Å²) in [4.78, 5) is 17.3. The summed E-state index contributed by atoms with van der Waals surface area (Å²) in [6.45, 7) is 7.04. The molecule has 10 heteroatoms. The highest BCUT2D eigenvalue weighted by atomic mass is 32.2. The molecule has 1 heterocycles. The number of nitrogens with one attached hydrogen (secondary N) is 1. The smallest absolute Gasteiger partial charge is 0.238 e. The van der Waals surface area contributed by atoms with Gasteiger partial charge in [0.2, 0.25) is 15.9 Å². The molecule has 2 aromatic carbocycles. The van der Waals surface area contributed by atoms with Crippen molar-refractivity contribution in [1.29, 1.82) is 0 Å². The number of nitrogens with two attached hydrogens (primary N) is 1. The average Bonchev–Trinajstić information content (AvgIpc) is 3.05. The fourth-order valence-electron chi connectivity index (χ4n) is 3.05. The van der Waals surface area contributed by atoms with E-state index < -0.39 is 15.3 Å². The highest BCUT2D eigenvalue weighted by Crippen LogP contribution is 2.29. The number of rotatable bonds is 9. The number of hydrogen-bond donors (Lipinski definition) is 2. The van der Waals surface area contributed by atoms with Gasteiger partial charge in [0.05, 0.1) is 27.8 Å². The Morgan fingerprint density at radius 2 is 1.94 bits per heavy atom. The Hall–Kier alpha value is -2.56. The van der Waals surface area contributed by atoms with Crippen LogP contribution in [0.3, 0.4) is 0 Å². The maximum Gasteiger partial charge on any atom is 0.238 e. The van der Waals surface area contributed by atoms with E-state index in [1.807, 2.05) is 18.4 Å². The molecule has 0 aliphatic rings. The molecule has 0 bridgehead atoms. The highest BCUT2D eigenvalue weighted by Gasteiger charge is 2.20. The number of aryl methyl sites for hydroxylation is 1. The zero-order chi connectivity index (χ0) is 22.6. The second-order valence-corrected chi connectivity index (χ2v) is 9.82. The van der Waals surface area contributed by atoms with E-state index in [0.717, 1.165) is 17.7 Å². The number of benzene rings is 2. The van der Waals surface area contributed by atoms with E-state index in [-0.39, 0.29) is 10.8 Å². The van der Waals surface area contributed by atoms with Crippen molar-refractivity contribution < 1.29 is 17.9 Å². The first-order valence-electron chi connectivity index (χ1n) is 9.96. The number of fused-ring (bicyclic) bond motifs is 1. The average molecular weight is 463 g/mol. The van der Waals surface area contributed by atoms with Gasteiger partial charge >= 0.3 is 0 Å². The second-order valence-electron chi connectivity index (χ2n) is 6.95. The van der Waals surface area contributed by atoms with E-state index in [4.69, 9.17) is 9.88 Å². The zero-order valence-corrected chi connectivity index (χ0v) is 19.3. The Morgan fingerprint density at radius 3 is 2.55 bits per heavy atom. The van der Waals surface area contributed by atoms with Gasteiger partial charge in [-0.1, -0.05) is 18.7 Å². The number of thioether (sulfide) groups is 1. The van der Waals surface area contributed by atoms with E-state index in [1.165, 1.54) is 23.9 Å². The zero-order valence-electron chi connectivity index (χ0n) is 17.7. The molecule has 1 aromatic heterocycles. The topological polar surface area (TPSA) is 116 Å². The number of carbonyl (C=O) groups is 1. The summed E-state index contributed by atoms with van der Waals surface area (Å²) in [5.74, 6) is 0.588. The number of carbonyl (C=O) groups excluding carboxylic acids is 1. The lowest BCUT2D eigenvalue weighted by Crippen LogP contribution is -2.22. The summed E-state index contributed by atoms with van der Waals surface area (Å²) in [6, 6.07) is 11.8. The molecule has 1 atom stereocenters. The highest BCUT2D eigenvalue weighted by molar-refractivity contribution is 8.00. The number of amides is 1. The van der Waals surface area contributed by atoms with Crippen molar-refractivity contribution in [3.63, 3.8) is 0 Å². The van der Waals surface area contributed by atoms with Crippen molar-refractivity contribution >= 4 is 44.4 Å². The third-order valence-corrected chi connectivity index (χ3v) is 6.55. The minimum Gasteiger partial charge on any atom is -0.494 e. The number of hydrogen-bond acceptors (Lipinski definition) is 6. The molecule has 3 rings (SSSR count). The Balaban J connectivity index is 1.80. The van der Waals surface area contributed by atoms with Gasteiger partial charge in [-0.25, -0.2) is 18.5 Å². The van der Waals surface area contributed by atoms with Crippen molar-refractivity contribution in [3.8, 4) is 5.75 Å². The number of primary sulfonamides is 1.